The quantitative estimate of drug-likeness (QED) is 0.798. The van der Waals surface area contributed by atoms with Crippen LogP contribution in [0.1, 0.15) is 18.4 Å². The highest BCUT2D eigenvalue weighted by Gasteiger charge is 2.38. The molecule has 1 aromatic heterocycles. The zero-order chi connectivity index (χ0) is 18.4. The van der Waals surface area contributed by atoms with Crippen LogP contribution in [0.4, 0.5) is 13.2 Å². The molecular formula is C14H14F3N3O4S. The van der Waals surface area contributed by atoms with Crippen molar-refractivity contribution in [2.75, 3.05) is 12.9 Å². The van der Waals surface area contributed by atoms with Gasteiger partial charge in [0.25, 0.3) is 0 Å². The van der Waals surface area contributed by atoms with Crippen molar-refractivity contribution >= 4 is 10.0 Å². The highest BCUT2D eigenvalue weighted by molar-refractivity contribution is 7.88. The van der Waals surface area contributed by atoms with E-state index in [1.54, 1.807) is 13.0 Å². The van der Waals surface area contributed by atoms with Crippen LogP contribution in [0.15, 0.2) is 22.7 Å². The van der Waals surface area contributed by atoms with E-state index >= 15 is 0 Å². The second-order valence-electron chi connectivity index (χ2n) is 5.71. The number of ether oxygens (including phenoxy) is 1. The summed E-state index contributed by atoms with van der Waals surface area (Å²) in [6.45, 7) is 1.93. The minimum Gasteiger partial charge on any atom is -0.492 e. The molecule has 0 radical (unpaired) electrons. The molecule has 1 unspecified atom stereocenters. The van der Waals surface area contributed by atoms with Crippen molar-refractivity contribution in [2.45, 2.75) is 25.7 Å². The van der Waals surface area contributed by atoms with Gasteiger partial charge in [-0.3, -0.25) is 0 Å². The van der Waals surface area contributed by atoms with E-state index in [1.165, 1.54) is 16.4 Å². The third-order valence-corrected chi connectivity index (χ3v) is 5.06. The first-order valence-electron chi connectivity index (χ1n) is 7.19. The summed E-state index contributed by atoms with van der Waals surface area (Å²) in [4.78, 5) is 3.33. The first-order chi connectivity index (χ1) is 11.6. The lowest BCUT2D eigenvalue weighted by atomic mass is 10.1. The molecule has 1 aliphatic heterocycles. The van der Waals surface area contributed by atoms with Crippen LogP contribution in [-0.4, -0.2) is 41.8 Å². The maximum atomic E-state index is 12.6. The van der Waals surface area contributed by atoms with Gasteiger partial charge in [-0.25, -0.2) is 8.42 Å². The predicted molar refractivity (Wildman–Crippen MR) is 80.1 cm³/mol. The van der Waals surface area contributed by atoms with Crippen LogP contribution in [0.3, 0.4) is 0 Å². The van der Waals surface area contributed by atoms with Crippen molar-refractivity contribution in [3.63, 3.8) is 0 Å². The Morgan fingerprint density at radius 3 is 2.64 bits per heavy atom. The van der Waals surface area contributed by atoms with Crippen LogP contribution in [0, 0.1) is 0 Å². The third kappa shape index (κ3) is 3.61. The largest absolute Gasteiger partial charge is 0.492 e. The van der Waals surface area contributed by atoms with Gasteiger partial charge in [0.05, 0.1) is 12.3 Å². The maximum Gasteiger partial charge on any atom is 0.471 e. The maximum absolute atomic E-state index is 12.6. The number of fused-ring (bicyclic) bond motifs is 1. The molecule has 0 saturated carbocycles. The lowest BCUT2D eigenvalue weighted by molar-refractivity contribution is -0.159. The number of halogens is 3. The first kappa shape index (κ1) is 17.7. The van der Waals surface area contributed by atoms with Gasteiger partial charge in [0.1, 0.15) is 12.4 Å². The van der Waals surface area contributed by atoms with E-state index in [0.29, 0.717) is 11.3 Å². The fraction of sp³-hybridized carbons (Fsp3) is 0.429. The Labute approximate surface area is 141 Å². The summed E-state index contributed by atoms with van der Waals surface area (Å²) in [7, 11) is -3.43. The summed E-state index contributed by atoms with van der Waals surface area (Å²) in [5.74, 6) is -1.29. The average molecular weight is 377 g/mol. The normalized spacial score (nSPS) is 19.2. The van der Waals surface area contributed by atoms with Gasteiger partial charge in [-0.1, -0.05) is 17.3 Å². The van der Waals surface area contributed by atoms with Gasteiger partial charge < -0.3 is 9.26 Å². The second-order valence-corrected chi connectivity index (χ2v) is 7.65. The van der Waals surface area contributed by atoms with Crippen LogP contribution in [0.25, 0.3) is 11.4 Å². The smallest absolute Gasteiger partial charge is 0.471 e. The van der Waals surface area contributed by atoms with Crippen LogP contribution in [0.5, 0.6) is 5.75 Å². The van der Waals surface area contributed by atoms with E-state index < -0.39 is 22.1 Å². The summed E-state index contributed by atoms with van der Waals surface area (Å²) in [5, 5.41) is 3.33. The van der Waals surface area contributed by atoms with Crippen molar-refractivity contribution < 1.29 is 30.8 Å². The monoisotopic (exact) mass is 377 g/mol. The summed E-state index contributed by atoms with van der Waals surface area (Å²) in [6, 6.07) is 4.15. The van der Waals surface area contributed by atoms with Gasteiger partial charge in [-0.2, -0.15) is 22.5 Å². The number of hydrogen-bond acceptors (Lipinski definition) is 6. The number of alkyl halides is 3. The third-order valence-electron chi connectivity index (χ3n) is 3.72. The Morgan fingerprint density at radius 1 is 1.32 bits per heavy atom. The molecule has 0 bridgehead atoms. The molecule has 0 aliphatic carbocycles. The summed E-state index contributed by atoms with van der Waals surface area (Å²) < 4.78 is 72.6. The van der Waals surface area contributed by atoms with Gasteiger partial charge in [-0.15, -0.1) is 0 Å². The molecule has 0 spiro atoms. The fourth-order valence-electron chi connectivity index (χ4n) is 2.48. The van der Waals surface area contributed by atoms with Crippen LogP contribution in [-0.2, 0) is 22.7 Å². The molecule has 2 heterocycles. The van der Waals surface area contributed by atoms with Gasteiger partial charge >= 0.3 is 12.1 Å². The number of aromatic nitrogens is 2. The van der Waals surface area contributed by atoms with Crippen molar-refractivity contribution in [3.8, 4) is 17.1 Å². The van der Waals surface area contributed by atoms with Crippen molar-refractivity contribution in [1.29, 1.82) is 0 Å². The molecular weight excluding hydrogens is 363 g/mol. The van der Waals surface area contributed by atoms with E-state index in [9.17, 15) is 21.6 Å². The van der Waals surface area contributed by atoms with Gasteiger partial charge in [0, 0.05) is 17.7 Å². The Kier molecular flexibility index (Phi) is 4.23. The molecule has 1 aliphatic rings. The molecule has 0 saturated heterocycles. The highest BCUT2D eigenvalue weighted by Crippen LogP contribution is 2.33. The van der Waals surface area contributed by atoms with E-state index in [2.05, 4.69) is 14.7 Å². The Hall–Kier alpha value is -2.14. The molecule has 0 fully saturated rings. The molecule has 2 aromatic rings. The lowest BCUT2D eigenvalue weighted by Crippen LogP contribution is -2.39. The molecule has 136 valence electrons. The SMILES string of the molecule is CC1COc2cc(-c3noc(C(F)(F)F)n3)ccc2CN1S(C)(=O)=O. The number of rotatable bonds is 2. The topological polar surface area (TPSA) is 85.5 Å². The molecule has 1 atom stereocenters. The molecule has 25 heavy (non-hydrogen) atoms. The molecule has 1 aromatic carbocycles. The fourth-order valence-corrected chi connectivity index (χ4v) is 3.56. The lowest BCUT2D eigenvalue weighted by Gasteiger charge is -2.23. The van der Waals surface area contributed by atoms with Gasteiger partial charge in [0.15, 0.2) is 0 Å². The molecule has 0 amide bonds. The van der Waals surface area contributed by atoms with Gasteiger partial charge in [0.2, 0.25) is 15.8 Å². The zero-order valence-electron chi connectivity index (χ0n) is 13.2. The summed E-state index contributed by atoms with van der Waals surface area (Å²) in [6.07, 6.45) is -3.61. The zero-order valence-corrected chi connectivity index (χ0v) is 14.1. The predicted octanol–water partition coefficient (Wildman–Crippen LogP) is 2.30. The molecule has 3 rings (SSSR count). The summed E-state index contributed by atoms with van der Waals surface area (Å²) >= 11 is 0. The summed E-state index contributed by atoms with van der Waals surface area (Å²) in [5.41, 5.74) is 0.872. The Morgan fingerprint density at radius 2 is 2.04 bits per heavy atom. The minimum atomic E-state index is -4.72. The Balaban J connectivity index is 1.95. The van der Waals surface area contributed by atoms with Gasteiger partial charge in [-0.05, 0) is 13.0 Å². The first-order valence-corrected chi connectivity index (χ1v) is 9.04. The number of sulfonamides is 1. The number of hydrogen-bond donors (Lipinski definition) is 0. The molecule has 11 heteroatoms. The second kappa shape index (κ2) is 5.99. The van der Waals surface area contributed by atoms with Crippen molar-refractivity contribution in [3.05, 3.63) is 29.7 Å². The number of nitrogens with zero attached hydrogens (tertiary/aromatic N) is 3. The minimum absolute atomic E-state index is 0.107. The van der Waals surface area contributed by atoms with E-state index in [4.69, 9.17) is 4.74 Å². The van der Waals surface area contributed by atoms with Crippen LogP contribution < -0.4 is 4.74 Å². The molecule has 7 nitrogen and oxygen atoms in total. The van der Waals surface area contributed by atoms with Crippen molar-refractivity contribution in [1.82, 2.24) is 14.4 Å². The molecule has 0 N–H and O–H groups in total. The average Bonchev–Trinajstić information content (AvgIpc) is 2.93. The van der Waals surface area contributed by atoms with E-state index in [0.717, 1.165) is 6.26 Å². The van der Waals surface area contributed by atoms with Crippen LogP contribution >= 0.6 is 0 Å². The Bertz CT molecular complexity index is 895. The van der Waals surface area contributed by atoms with Crippen molar-refractivity contribution in [2.24, 2.45) is 0 Å². The van der Waals surface area contributed by atoms with E-state index in [1.807, 2.05) is 0 Å². The number of benzene rings is 1. The highest BCUT2D eigenvalue weighted by atomic mass is 32.2. The van der Waals surface area contributed by atoms with Crippen LogP contribution in [0.2, 0.25) is 0 Å². The standard InChI is InChI=1S/C14H14F3N3O4S/c1-8-7-23-11-5-9(12-18-13(24-19-12)14(15,16)17)3-4-10(11)6-20(8)25(2,21)22/h3-5,8H,6-7H2,1-2H3. The van der Waals surface area contributed by atoms with E-state index in [-0.39, 0.29) is 30.6 Å².